The third kappa shape index (κ3) is 12.5. The molecule has 0 radical (unpaired) electrons. The van der Waals surface area contributed by atoms with Gasteiger partial charge in [0.25, 0.3) is 11.7 Å². The summed E-state index contributed by atoms with van der Waals surface area (Å²) in [5.74, 6) is 1.37. The van der Waals surface area contributed by atoms with E-state index in [1.54, 1.807) is 28.9 Å². The molecule has 3 amide bonds. The van der Waals surface area contributed by atoms with E-state index in [0.29, 0.717) is 125 Å². The van der Waals surface area contributed by atoms with Crippen molar-refractivity contribution in [3.05, 3.63) is 164 Å². The Morgan fingerprint density at radius 2 is 1.49 bits per heavy atom. The highest BCUT2D eigenvalue weighted by molar-refractivity contribution is 6.30. The summed E-state index contributed by atoms with van der Waals surface area (Å²) in [5.41, 5.74) is 11.6. The van der Waals surface area contributed by atoms with Gasteiger partial charge in [-0.25, -0.2) is 14.2 Å². The van der Waals surface area contributed by atoms with Gasteiger partial charge in [-0.05, 0) is 153 Å². The van der Waals surface area contributed by atoms with Crippen LogP contribution in [0.5, 0.6) is 5.75 Å². The number of unbranched alkanes of at least 4 members (excludes halogenated alkanes) is 5. The van der Waals surface area contributed by atoms with Gasteiger partial charge in [-0.15, -0.1) is 5.10 Å². The number of aromatic nitrogens is 3. The van der Waals surface area contributed by atoms with E-state index < -0.39 is 16.9 Å². The zero-order valence-electron chi connectivity index (χ0n) is 50.8. The molecule has 86 heavy (non-hydrogen) atoms. The summed E-state index contributed by atoms with van der Waals surface area (Å²) in [5, 5.41) is 6.12. The lowest BCUT2D eigenvalue weighted by Crippen LogP contribution is -2.60. The van der Waals surface area contributed by atoms with Gasteiger partial charge in [0.1, 0.15) is 45.8 Å². The smallest absolute Gasteiger partial charge is 0.326 e. The van der Waals surface area contributed by atoms with Gasteiger partial charge in [0.05, 0.1) is 37.0 Å². The van der Waals surface area contributed by atoms with Gasteiger partial charge in [-0.2, -0.15) is 4.68 Å². The zero-order chi connectivity index (χ0) is 61.1. The minimum Gasteiger partial charge on any atom is -0.493 e. The number of aliphatic imine (C=N–C) groups is 1. The Balaban J connectivity index is 0.721. The Kier molecular flexibility index (Phi) is 18.6. The largest absolute Gasteiger partial charge is 0.493 e. The summed E-state index contributed by atoms with van der Waals surface area (Å²) in [7, 11) is 1.69. The molecule has 4 aliphatic heterocycles. The monoisotopic (exact) mass is 1200 g/mol. The molecule has 0 saturated carbocycles. The Morgan fingerprint density at radius 3 is 2.17 bits per heavy atom. The fourth-order valence-corrected chi connectivity index (χ4v) is 13.4. The van der Waals surface area contributed by atoms with Crippen molar-refractivity contribution in [1.82, 2.24) is 34.4 Å². The van der Waals surface area contributed by atoms with E-state index in [2.05, 4.69) is 72.4 Å². The van der Waals surface area contributed by atoms with E-state index in [4.69, 9.17) is 50.3 Å². The molecule has 4 aliphatic rings. The number of hydrogen-bond acceptors (Lipinski definition) is 10. The number of nitrogens with zero attached hydrogens (tertiary/aromatic N) is 10. The van der Waals surface area contributed by atoms with E-state index in [1.165, 1.54) is 12.1 Å². The molecule has 0 unspecified atom stereocenters. The number of rotatable bonds is 18. The van der Waals surface area contributed by atoms with Crippen molar-refractivity contribution >= 4 is 64.1 Å². The number of urea groups is 1. The number of ketones is 1. The van der Waals surface area contributed by atoms with Gasteiger partial charge in [0.2, 0.25) is 0 Å². The molecule has 2 fully saturated rings. The van der Waals surface area contributed by atoms with E-state index in [0.717, 1.165) is 86.8 Å². The highest BCUT2D eigenvalue weighted by atomic mass is 35.5. The van der Waals surface area contributed by atoms with Crippen LogP contribution in [0, 0.1) is 12.4 Å². The van der Waals surface area contributed by atoms with E-state index >= 15 is 4.79 Å². The highest BCUT2D eigenvalue weighted by Crippen LogP contribution is 2.54. The molecule has 2 bridgehead atoms. The topological polar surface area (TPSA) is 150 Å². The van der Waals surface area contributed by atoms with Gasteiger partial charge < -0.3 is 30.0 Å². The molecule has 2 aromatic heterocycles. The van der Waals surface area contributed by atoms with Crippen molar-refractivity contribution in [3.8, 4) is 16.9 Å². The number of hydrogen-bond donors (Lipinski definition) is 1. The molecular weight excluding hydrogens is 1120 g/mol. The van der Waals surface area contributed by atoms with Gasteiger partial charge >= 0.3 is 6.03 Å². The van der Waals surface area contributed by atoms with Crippen LogP contribution in [0.4, 0.5) is 26.5 Å². The number of benzene rings is 4. The molecule has 6 heterocycles. The summed E-state index contributed by atoms with van der Waals surface area (Å²) in [4.78, 5) is 67.1. The van der Waals surface area contributed by atoms with Crippen molar-refractivity contribution in [3.63, 3.8) is 0 Å². The van der Waals surface area contributed by atoms with Crippen molar-refractivity contribution < 1.29 is 23.5 Å². The normalized spacial score (nSPS) is 19.8. The molecule has 0 spiro atoms. The van der Waals surface area contributed by atoms with Crippen LogP contribution in [0.25, 0.3) is 16.0 Å². The molecular formula is C68H80Cl2FN11O4. The molecule has 15 nitrogen and oxygen atoms in total. The SMILES string of the molecule is [C-]#[N+]c1c2c(nn1CCCC(=O)CCCCCCCCN1CCN(C(=O)N3C(c4ccc(C(C)(C)C)cc4OCC)=N[C@@](C)(c4ccc(Cl)cc4)[C@@]3(C)c3ccc(Cl)cc3)CC1)CN(C)C(=O)c1ccc(F)cc1[C@H]1CCCN1c1cc-2cnc1N. The summed E-state index contributed by atoms with van der Waals surface area (Å²) in [6, 6.07) is 27.7. The van der Waals surface area contributed by atoms with Gasteiger partial charge in [-0.3, -0.25) is 24.4 Å². The third-order valence-corrected chi connectivity index (χ3v) is 18.7. The predicted octanol–water partition coefficient (Wildman–Crippen LogP) is 14.6. The van der Waals surface area contributed by atoms with Crippen LogP contribution in [0.1, 0.15) is 162 Å². The maximum absolute atomic E-state index is 15.6. The fourth-order valence-electron chi connectivity index (χ4n) is 13.1. The predicted molar refractivity (Wildman–Crippen MR) is 340 cm³/mol. The fraction of sp³-hybridized carbons (Fsp3) is 0.456. The number of piperazine rings is 1. The second kappa shape index (κ2) is 25.9. The lowest BCUT2D eigenvalue weighted by Gasteiger charge is -2.47. The number of nitrogens with two attached hydrogens (primary N) is 1. The summed E-state index contributed by atoms with van der Waals surface area (Å²) in [6.45, 7) is 26.2. The van der Waals surface area contributed by atoms with E-state index in [1.807, 2.05) is 71.3 Å². The third-order valence-electron chi connectivity index (χ3n) is 18.2. The molecule has 0 aliphatic carbocycles. The van der Waals surface area contributed by atoms with Crippen molar-refractivity contribution in [1.29, 1.82) is 0 Å². The molecule has 6 aromatic rings. The number of amidine groups is 1. The van der Waals surface area contributed by atoms with Crippen molar-refractivity contribution in [2.24, 2.45) is 4.99 Å². The van der Waals surface area contributed by atoms with E-state index in [-0.39, 0.29) is 35.7 Å². The maximum atomic E-state index is 15.6. The molecule has 18 heteroatoms. The molecule has 3 atom stereocenters. The number of ether oxygens (including phenoxy) is 1. The lowest BCUT2D eigenvalue weighted by molar-refractivity contribution is -0.119. The first-order valence-electron chi connectivity index (χ1n) is 30.5. The molecule has 10 rings (SSSR count). The Morgan fingerprint density at radius 1 is 0.826 bits per heavy atom. The van der Waals surface area contributed by atoms with Crippen molar-refractivity contribution in [2.45, 2.75) is 148 Å². The average Bonchev–Trinajstić information content (AvgIpc) is 1.58. The minimum absolute atomic E-state index is 0.105. The van der Waals surface area contributed by atoms with Gasteiger partial charge in [0.15, 0.2) is 0 Å². The van der Waals surface area contributed by atoms with Crippen LogP contribution in [-0.2, 0) is 34.4 Å². The van der Waals surface area contributed by atoms with Crippen LogP contribution in [0.15, 0.2) is 102 Å². The maximum Gasteiger partial charge on any atom is 0.326 e. The molecule has 4 aromatic carbocycles. The highest BCUT2D eigenvalue weighted by Gasteiger charge is 2.60. The quantitative estimate of drug-likeness (QED) is 0.0655. The van der Waals surface area contributed by atoms with E-state index in [9.17, 15) is 14.0 Å². The summed E-state index contributed by atoms with van der Waals surface area (Å²) in [6.07, 6.45) is 10.6. The number of Topliss-reactive ketones (excluding diaryl/α,β-unsaturated/α-hetero) is 1. The van der Waals surface area contributed by atoms with Gasteiger partial charge in [0, 0.05) is 80.0 Å². The first-order chi connectivity index (χ1) is 41.2. The zero-order valence-corrected chi connectivity index (χ0v) is 52.3. The minimum atomic E-state index is -1.01. The Bertz CT molecular complexity index is 3550. The van der Waals surface area contributed by atoms with Gasteiger partial charge in [-0.1, -0.05) is 107 Å². The number of pyridine rings is 1. The average molecular weight is 1210 g/mol. The molecule has 2 saturated heterocycles. The van der Waals surface area contributed by atoms with Crippen LogP contribution < -0.4 is 15.4 Å². The number of fused-ring (bicyclic) bond motifs is 8. The first-order valence-corrected chi connectivity index (χ1v) is 31.3. The second-order valence-corrected chi connectivity index (χ2v) is 25.7. The lowest BCUT2D eigenvalue weighted by atomic mass is 9.71. The van der Waals surface area contributed by atoms with Crippen molar-refractivity contribution in [2.75, 3.05) is 63.6 Å². The summed E-state index contributed by atoms with van der Waals surface area (Å²) >= 11 is 13.0. The number of amides is 3. The van der Waals surface area contributed by atoms with Crippen LogP contribution >= 0.6 is 23.2 Å². The standard InChI is InChI=1S/C68H80Cl2FN11O4/c1-9-86-59-41-48(66(2,3)4)25-31-54(59)62-75-67(5,46-21-26-49(69)27-22-46)68(6,47-23-28-50(70)29-24-47)82(62)65(85)79-38-36-78(37-39-79)33-15-13-11-10-12-14-18-52(83)19-16-35-81-63(73-7)60-45-40-58(61(72)74-43-45)80-34-17-20-57(80)55-42-51(71)30-32-53(55)64(84)77(8)44-56(60)76-81/h21-32,40-43,57H,9-20,33-39,44H2,1-6,8H3,(H2,72,74)/t57-,67+,68-/m1/s1. The van der Waals surface area contributed by atoms with Crippen LogP contribution in [0.3, 0.4) is 0 Å². The number of carbonyl (C=O) groups excluding carboxylic acids is 3. The molecule has 452 valence electrons. The number of carbonyl (C=O) groups is 3. The number of halogens is 3. The Labute approximate surface area is 516 Å². The Hall–Kier alpha value is -7.32. The van der Waals surface area contributed by atoms with Crippen LogP contribution in [0.2, 0.25) is 10.0 Å². The number of anilines is 2. The second-order valence-electron chi connectivity index (χ2n) is 24.8. The first kappa shape index (κ1) is 61.8. The van der Waals surface area contributed by atoms with Crippen LogP contribution in [-0.4, -0.2) is 111 Å². The number of nitrogen functional groups attached to an aromatic ring is 1. The summed E-state index contributed by atoms with van der Waals surface area (Å²) < 4.78 is 22.9. The molecule has 2 N–H and O–H groups in total. The number of aryl methyl sites for hydroxylation is 1.